The number of nitrogens with one attached hydrogen (secondary N) is 1. The number of anilines is 1. The van der Waals surface area contributed by atoms with Crippen molar-refractivity contribution >= 4 is 17.9 Å². The van der Waals surface area contributed by atoms with Crippen molar-refractivity contribution in [1.82, 2.24) is 14.8 Å². The van der Waals surface area contributed by atoms with Crippen LogP contribution in [0.3, 0.4) is 0 Å². The maximum absolute atomic E-state index is 5.13. The van der Waals surface area contributed by atoms with E-state index in [1.54, 1.807) is 6.33 Å². The summed E-state index contributed by atoms with van der Waals surface area (Å²) in [6, 6.07) is 8.33. The van der Waals surface area contributed by atoms with Crippen LogP contribution in [0.1, 0.15) is 13.8 Å². The minimum absolute atomic E-state index is 0.612. The highest BCUT2D eigenvalue weighted by atomic mass is 32.1. The fourth-order valence-corrected chi connectivity index (χ4v) is 2.05. The second kappa shape index (κ2) is 5.14. The summed E-state index contributed by atoms with van der Waals surface area (Å²) in [5.74, 6) is 0. The standard InChI is InChI=1S/C12H16N4S/c1-3-15(4-2)10-5-7-11(8-6-10)16-9-13-14-12(16)17/h5-9H,3-4H2,1-2H3,(H,14,17). The Morgan fingerprint density at radius 3 is 2.35 bits per heavy atom. The lowest BCUT2D eigenvalue weighted by molar-refractivity contribution is 0.865. The first-order chi connectivity index (χ1) is 8.26. The van der Waals surface area contributed by atoms with E-state index in [9.17, 15) is 0 Å². The first kappa shape index (κ1) is 11.9. The van der Waals surface area contributed by atoms with Crippen molar-refractivity contribution in [1.29, 1.82) is 0 Å². The zero-order valence-electron chi connectivity index (χ0n) is 10.1. The van der Waals surface area contributed by atoms with Gasteiger partial charge in [-0.1, -0.05) is 0 Å². The fraction of sp³-hybridized carbons (Fsp3) is 0.333. The maximum atomic E-state index is 5.13. The first-order valence-electron chi connectivity index (χ1n) is 5.73. The van der Waals surface area contributed by atoms with Crippen LogP contribution in [0, 0.1) is 4.77 Å². The largest absolute Gasteiger partial charge is 0.372 e. The number of aromatic amines is 1. The fourth-order valence-electron chi connectivity index (χ4n) is 1.84. The van der Waals surface area contributed by atoms with E-state index in [0.29, 0.717) is 4.77 Å². The van der Waals surface area contributed by atoms with Gasteiger partial charge in [-0.3, -0.25) is 9.67 Å². The molecule has 0 unspecified atom stereocenters. The second-order valence-corrected chi connectivity index (χ2v) is 4.11. The Balaban J connectivity index is 2.30. The van der Waals surface area contributed by atoms with Crippen molar-refractivity contribution in [2.45, 2.75) is 13.8 Å². The van der Waals surface area contributed by atoms with Gasteiger partial charge in [0.05, 0.1) is 0 Å². The van der Waals surface area contributed by atoms with Crippen LogP contribution in [0.4, 0.5) is 5.69 Å². The van der Waals surface area contributed by atoms with Crippen LogP contribution < -0.4 is 4.90 Å². The van der Waals surface area contributed by atoms with Crippen molar-refractivity contribution in [3.05, 3.63) is 35.4 Å². The molecule has 0 aliphatic rings. The summed E-state index contributed by atoms with van der Waals surface area (Å²) in [6.45, 7) is 6.34. The predicted molar refractivity (Wildman–Crippen MR) is 72.3 cm³/mol. The normalized spacial score (nSPS) is 10.5. The molecule has 1 aromatic carbocycles. The van der Waals surface area contributed by atoms with E-state index in [1.807, 2.05) is 4.57 Å². The Hall–Kier alpha value is -1.62. The molecule has 0 aliphatic carbocycles. The van der Waals surface area contributed by atoms with E-state index in [1.165, 1.54) is 5.69 Å². The highest BCUT2D eigenvalue weighted by Crippen LogP contribution is 2.17. The zero-order valence-corrected chi connectivity index (χ0v) is 10.9. The van der Waals surface area contributed by atoms with Crippen LogP contribution in [-0.2, 0) is 0 Å². The molecule has 1 heterocycles. The van der Waals surface area contributed by atoms with E-state index in [-0.39, 0.29) is 0 Å². The van der Waals surface area contributed by atoms with Crippen LogP contribution in [0.25, 0.3) is 5.69 Å². The van der Waals surface area contributed by atoms with Gasteiger partial charge in [0.1, 0.15) is 6.33 Å². The quantitative estimate of drug-likeness (QED) is 0.845. The van der Waals surface area contributed by atoms with Gasteiger partial charge < -0.3 is 4.90 Å². The average molecular weight is 248 g/mol. The van der Waals surface area contributed by atoms with Crippen LogP contribution >= 0.6 is 12.2 Å². The van der Waals surface area contributed by atoms with Crippen molar-refractivity contribution in [2.75, 3.05) is 18.0 Å². The molecule has 17 heavy (non-hydrogen) atoms. The van der Waals surface area contributed by atoms with Crippen molar-refractivity contribution in [3.8, 4) is 5.69 Å². The van der Waals surface area contributed by atoms with Gasteiger partial charge in [0, 0.05) is 24.5 Å². The summed E-state index contributed by atoms with van der Waals surface area (Å²) in [6.07, 6.45) is 1.69. The maximum Gasteiger partial charge on any atom is 0.199 e. The second-order valence-electron chi connectivity index (χ2n) is 3.72. The van der Waals surface area contributed by atoms with Crippen LogP contribution in [0.2, 0.25) is 0 Å². The van der Waals surface area contributed by atoms with E-state index >= 15 is 0 Å². The molecule has 0 radical (unpaired) electrons. The molecule has 0 fully saturated rings. The Kier molecular flexibility index (Phi) is 3.58. The van der Waals surface area contributed by atoms with Gasteiger partial charge in [-0.05, 0) is 50.3 Å². The summed E-state index contributed by atoms with van der Waals surface area (Å²) in [5, 5.41) is 6.66. The van der Waals surface area contributed by atoms with Gasteiger partial charge in [0.25, 0.3) is 0 Å². The molecule has 4 nitrogen and oxygen atoms in total. The molecule has 2 rings (SSSR count). The lowest BCUT2D eigenvalue weighted by atomic mass is 10.2. The molecular formula is C12H16N4S. The third kappa shape index (κ3) is 2.39. The summed E-state index contributed by atoms with van der Waals surface area (Å²) >= 11 is 5.13. The lowest BCUT2D eigenvalue weighted by Gasteiger charge is -2.21. The van der Waals surface area contributed by atoms with Gasteiger partial charge in [0.15, 0.2) is 4.77 Å². The minimum atomic E-state index is 0.612. The van der Waals surface area contributed by atoms with Gasteiger partial charge in [0.2, 0.25) is 0 Å². The Bertz CT molecular complexity index is 522. The Morgan fingerprint density at radius 2 is 1.88 bits per heavy atom. The summed E-state index contributed by atoms with van der Waals surface area (Å²) in [5.41, 5.74) is 2.26. The number of H-pyrrole nitrogens is 1. The lowest BCUT2D eigenvalue weighted by Crippen LogP contribution is -2.21. The molecule has 0 saturated heterocycles. The van der Waals surface area contributed by atoms with Crippen LogP contribution in [0.15, 0.2) is 30.6 Å². The van der Waals surface area contributed by atoms with Crippen molar-refractivity contribution < 1.29 is 0 Å². The molecule has 1 N–H and O–H groups in total. The van der Waals surface area contributed by atoms with Crippen molar-refractivity contribution in [3.63, 3.8) is 0 Å². The molecule has 1 aromatic heterocycles. The third-order valence-electron chi connectivity index (χ3n) is 2.81. The summed E-state index contributed by atoms with van der Waals surface area (Å²) < 4.78 is 2.46. The van der Waals surface area contributed by atoms with Gasteiger partial charge in [-0.2, -0.15) is 5.10 Å². The van der Waals surface area contributed by atoms with Crippen LogP contribution in [0.5, 0.6) is 0 Å². The number of hydrogen-bond donors (Lipinski definition) is 1. The number of rotatable bonds is 4. The number of hydrogen-bond acceptors (Lipinski definition) is 3. The van der Waals surface area contributed by atoms with Crippen LogP contribution in [-0.4, -0.2) is 27.9 Å². The topological polar surface area (TPSA) is 36.9 Å². The van der Waals surface area contributed by atoms with E-state index in [0.717, 1.165) is 18.8 Å². The molecule has 0 aliphatic heterocycles. The molecule has 0 spiro atoms. The van der Waals surface area contributed by atoms with E-state index in [2.05, 4.69) is 53.2 Å². The van der Waals surface area contributed by atoms with Crippen molar-refractivity contribution in [2.24, 2.45) is 0 Å². The number of nitrogens with zero attached hydrogens (tertiary/aromatic N) is 3. The molecule has 90 valence electrons. The molecule has 0 atom stereocenters. The number of benzene rings is 1. The molecule has 0 bridgehead atoms. The van der Waals surface area contributed by atoms with E-state index in [4.69, 9.17) is 12.2 Å². The molecule has 5 heteroatoms. The van der Waals surface area contributed by atoms with E-state index < -0.39 is 0 Å². The van der Waals surface area contributed by atoms with Gasteiger partial charge >= 0.3 is 0 Å². The number of aromatic nitrogens is 3. The zero-order chi connectivity index (χ0) is 12.3. The highest BCUT2D eigenvalue weighted by molar-refractivity contribution is 7.71. The molecule has 2 aromatic rings. The summed E-state index contributed by atoms with van der Waals surface area (Å²) in [4.78, 5) is 2.30. The van der Waals surface area contributed by atoms with Gasteiger partial charge in [-0.15, -0.1) is 0 Å². The predicted octanol–water partition coefficient (Wildman–Crippen LogP) is 2.78. The SMILES string of the molecule is CCN(CC)c1ccc(-n2cn[nH]c2=S)cc1. The molecule has 0 amide bonds. The first-order valence-corrected chi connectivity index (χ1v) is 6.14. The average Bonchev–Trinajstić information content (AvgIpc) is 2.78. The molecular weight excluding hydrogens is 232 g/mol. The van der Waals surface area contributed by atoms with Gasteiger partial charge in [-0.25, -0.2) is 0 Å². The smallest absolute Gasteiger partial charge is 0.199 e. The minimum Gasteiger partial charge on any atom is -0.372 e. The highest BCUT2D eigenvalue weighted by Gasteiger charge is 2.02. The Morgan fingerprint density at radius 1 is 1.24 bits per heavy atom. The third-order valence-corrected chi connectivity index (χ3v) is 3.10. The Labute approximate surface area is 106 Å². The monoisotopic (exact) mass is 248 g/mol. The summed E-state index contributed by atoms with van der Waals surface area (Å²) in [7, 11) is 0. The molecule has 0 saturated carbocycles.